The van der Waals surface area contributed by atoms with Crippen LogP contribution in [0.5, 0.6) is 5.75 Å². The molecule has 0 radical (unpaired) electrons. The van der Waals surface area contributed by atoms with E-state index in [9.17, 15) is 15.0 Å². The van der Waals surface area contributed by atoms with Crippen LogP contribution in [0, 0.1) is 22.7 Å². The summed E-state index contributed by atoms with van der Waals surface area (Å²) in [7, 11) is 0. The van der Waals surface area contributed by atoms with Crippen molar-refractivity contribution in [3.05, 3.63) is 82.5 Å². The molecule has 2 saturated carbocycles. The van der Waals surface area contributed by atoms with E-state index in [1.165, 1.54) is 0 Å². The molecule has 4 heterocycles. The molecule has 2 aromatic heterocycles. The van der Waals surface area contributed by atoms with Crippen molar-refractivity contribution in [2.45, 2.75) is 70.2 Å². The first kappa shape index (κ1) is 25.9. The molecule has 40 heavy (non-hydrogen) atoms. The number of pyridine rings is 1. The minimum Gasteiger partial charge on any atom is -0.484 e. The Morgan fingerprint density at radius 1 is 1.02 bits per heavy atom. The molecule has 2 N–H and O–H groups in total. The number of nitrogens with zero attached hydrogens (tertiary/aromatic N) is 1. The summed E-state index contributed by atoms with van der Waals surface area (Å²) < 4.78 is 25.1. The fourth-order valence-electron chi connectivity index (χ4n) is 8.49. The summed E-state index contributed by atoms with van der Waals surface area (Å²) in [6.45, 7) is 6.68. The van der Waals surface area contributed by atoms with Gasteiger partial charge in [0.2, 0.25) is 0 Å². The van der Waals surface area contributed by atoms with Crippen molar-refractivity contribution >= 4 is 0 Å². The summed E-state index contributed by atoms with van der Waals surface area (Å²) in [5.41, 5.74) is -0.880. The molecule has 0 amide bonds. The molecule has 7 rings (SSSR count). The molecule has 1 aromatic carbocycles. The van der Waals surface area contributed by atoms with Gasteiger partial charge < -0.3 is 28.8 Å². The molecule has 2 aliphatic carbocycles. The lowest BCUT2D eigenvalue weighted by molar-refractivity contribution is -0.330. The number of aliphatic hydroxyl groups is 2. The third-order valence-electron chi connectivity index (χ3n) is 10.5. The SMILES string of the molecule is CC12CC[C@@H]3O[C@H](c4ccccc4)OC[C@]3(C)C1C[C@H](O)C1(C)Oc3cc(-c4cccnc4)oc(=O)c3[C@H](O)C21. The number of benzene rings is 1. The van der Waals surface area contributed by atoms with E-state index in [0.717, 1.165) is 18.4 Å². The molecule has 4 unspecified atom stereocenters. The third-order valence-corrected chi connectivity index (χ3v) is 10.5. The topological polar surface area (TPSA) is 111 Å². The highest BCUT2D eigenvalue weighted by Crippen LogP contribution is 2.68. The van der Waals surface area contributed by atoms with Gasteiger partial charge in [-0.15, -0.1) is 0 Å². The lowest BCUT2D eigenvalue weighted by Crippen LogP contribution is -2.71. The van der Waals surface area contributed by atoms with Crippen LogP contribution in [0.3, 0.4) is 0 Å². The van der Waals surface area contributed by atoms with Gasteiger partial charge in [0.15, 0.2) is 6.29 Å². The van der Waals surface area contributed by atoms with Gasteiger partial charge in [-0.05, 0) is 49.7 Å². The van der Waals surface area contributed by atoms with Crippen LogP contribution in [-0.4, -0.2) is 39.6 Å². The number of aliphatic hydroxyl groups excluding tert-OH is 2. The maximum atomic E-state index is 13.3. The lowest BCUT2D eigenvalue weighted by Gasteiger charge is -2.67. The van der Waals surface area contributed by atoms with E-state index in [2.05, 4.69) is 18.8 Å². The van der Waals surface area contributed by atoms with Crippen LogP contribution < -0.4 is 10.4 Å². The molecular weight excluding hydrogens is 510 g/mol. The highest BCUT2D eigenvalue weighted by Gasteiger charge is 2.70. The molecular formula is C32H35NO7. The Kier molecular flexibility index (Phi) is 5.81. The van der Waals surface area contributed by atoms with Crippen molar-refractivity contribution < 1.29 is 28.8 Å². The van der Waals surface area contributed by atoms with Crippen molar-refractivity contribution in [3.63, 3.8) is 0 Å². The second kappa shape index (κ2) is 8.98. The van der Waals surface area contributed by atoms with E-state index in [-0.39, 0.29) is 23.3 Å². The Balaban J connectivity index is 1.26. The molecule has 2 aliphatic heterocycles. The predicted molar refractivity (Wildman–Crippen MR) is 145 cm³/mol. The Labute approximate surface area is 232 Å². The molecule has 0 spiro atoms. The van der Waals surface area contributed by atoms with E-state index in [1.807, 2.05) is 37.3 Å². The van der Waals surface area contributed by atoms with E-state index < -0.39 is 46.5 Å². The molecule has 3 aromatic rings. The summed E-state index contributed by atoms with van der Waals surface area (Å²) in [6.07, 6.45) is 2.69. The van der Waals surface area contributed by atoms with Gasteiger partial charge in [-0.2, -0.15) is 0 Å². The molecule has 8 heteroatoms. The summed E-state index contributed by atoms with van der Waals surface area (Å²) >= 11 is 0. The molecule has 9 atom stereocenters. The molecule has 1 saturated heterocycles. The van der Waals surface area contributed by atoms with E-state index in [1.54, 1.807) is 30.6 Å². The maximum Gasteiger partial charge on any atom is 0.345 e. The minimum absolute atomic E-state index is 0.0370. The normalized spacial score (nSPS) is 40.1. The van der Waals surface area contributed by atoms with Gasteiger partial charge in [-0.25, -0.2) is 4.79 Å². The zero-order valence-electron chi connectivity index (χ0n) is 22.9. The Morgan fingerprint density at radius 3 is 2.58 bits per heavy atom. The van der Waals surface area contributed by atoms with Gasteiger partial charge in [0.25, 0.3) is 0 Å². The average molecular weight is 546 g/mol. The summed E-state index contributed by atoms with van der Waals surface area (Å²) in [5.74, 6) is -0.0292. The maximum absolute atomic E-state index is 13.3. The van der Waals surface area contributed by atoms with Crippen molar-refractivity contribution in [1.82, 2.24) is 4.98 Å². The quantitative estimate of drug-likeness (QED) is 0.472. The summed E-state index contributed by atoms with van der Waals surface area (Å²) in [6, 6.07) is 15.1. The van der Waals surface area contributed by atoms with Crippen LogP contribution in [0.25, 0.3) is 11.3 Å². The third kappa shape index (κ3) is 3.59. The summed E-state index contributed by atoms with van der Waals surface area (Å²) in [5, 5.41) is 23.7. The Morgan fingerprint density at radius 2 is 1.82 bits per heavy atom. The first-order chi connectivity index (χ1) is 19.1. The van der Waals surface area contributed by atoms with Crippen LogP contribution in [0.1, 0.15) is 63.6 Å². The van der Waals surface area contributed by atoms with Gasteiger partial charge >= 0.3 is 5.63 Å². The van der Waals surface area contributed by atoms with E-state index in [0.29, 0.717) is 24.4 Å². The van der Waals surface area contributed by atoms with Gasteiger partial charge in [-0.1, -0.05) is 44.2 Å². The standard InChI is InChI=1S/C32H35NO7/c1-30-12-11-24-31(2,17-37-29(39-24)18-8-5-4-6-9-18)22(30)15-23(34)32(3)27(30)26(35)25-21(40-32)14-20(38-28(25)36)19-10-7-13-33-16-19/h4-10,13-14,16,22-24,26-27,29,34-35H,11-12,15,17H2,1-3H3/t22?,23-,24-,26-,27?,29+,30?,31+,32?/m0/s1. The number of rotatable bonds is 2. The first-order valence-electron chi connectivity index (χ1n) is 14.1. The second-order valence-corrected chi connectivity index (χ2v) is 12.7. The van der Waals surface area contributed by atoms with E-state index in [4.69, 9.17) is 18.6 Å². The molecule has 210 valence electrons. The van der Waals surface area contributed by atoms with Gasteiger partial charge in [0.1, 0.15) is 22.7 Å². The van der Waals surface area contributed by atoms with Crippen molar-refractivity contribution in [2.24, 2.45) is 22.7 Å². The van der Waals surface area contributed by atoms with E-state index >= 15 is 0 Å². The molecule has 0 bridgehead atoms. The number of hydrogen-bond donors (Lipinski definition) is 2. The van der Waals surface area contributed by atoms with Crippen molar-refractivity contribution in [3.8, 4) is 17.1 Å². The second-order valence-electron chi connectivity index (χ2n) is 12.7. The highest BCUT2D eigenvalue weighted by molar-refractivity contribution is 5.59. The van der Waals surface area contributed by atoms with Crippen LogP contribution in [-0.2, 0) is 9.47 Å². The average Bonchev–Trinajstić information content (AvgIpc) is 2.94. The number of hydrogen-bond acceptors (Lipinski definition) is 8. The van der Waals surface area contributed by atoms with Crippen molar-refractivity contribution in [1.29, 1.82) is 0 Å². The minimum atomic E-state index is -1.17. The van der Waals surface area contributed by atoms with Gasteiger partial charge in [0, 0.05) is 40.9 Å². The van der Waals surface area contributed by atoms with Gasteiger partial charge in [0.05, 0.1) is 24.9 Å². The Bertz CT molecular complexity index is 1480. The molecule has 3 fully saturated rings. The largest absolute Gasteiger partial charge is 0.484 e. The van der Waals surface area contributed by atoms with Crippen molar-refractivity contribution in [2.75, 3.05) is 6.61 Å². The van der Waals surface area contributed by atoms with Crippen LogP contribution in [0.15, 0.2) is 70.1 Å². The van der Waals surface area contributed by atoms with Gasteiger partial charge in [-0.3, -0.25) is 4.98 Å². The monoisotopic (exact) mass is 545 g/mol. The zero-order valence-corrected chi connectivity index (χ0v) is 22.9. The first-order valence-corrected chi connectivity index (χ1v) is 14.1. The fourth-order valence-corrected chi connectivity index (χ4v) is 8.49. The molecule has 4 aliphatic rings. The zero-order chi connectivity index (χ0) is 27.9. The van der Waals surface area contributed by atoms with Crippen LogP contribution in [0.2, 0.25) is 0 Å². The smallest absolute Gasteiger partial charge is 0.345 e. The van der Waals surface area contributed by atoms with Crippen LogP contribution in [0.4, 0.5) is 0 Å². The molecule has 8 nitrogen and oxygen atoms in total. The Hall–Kier alpha value is -3.04. The fraction of sp³-hybridized carbons (Fsp3) is 0.500. The number of ether oxygens (including phenoxy) is 3. The number of aromatic nitrogens is 1. The highest BCUT2D eigenvalue weighted by atomic mass is 16.7. The predicted octanol–water partition coefficient (Wildman–Crippen LogP) is 4.80. The van der Waals surface area contributed by atoms with Crippen LogP contribution >= 0.6 is 0 Å². The lowest BCUT2D eigenvalue weighted by atomic mass is 9.42. The number of fused-ring (bicyclic) bond motifs is 6. The summed E-state index contributed by atoms with van der Waals surface area (Å²) in [4.78, 5) is 17.4.